The number of hydrogen-bond donors (Lipinski definition) is 0. The summed E-state index contributed by atoms with van der Waals surface area (Å²) in [4.78, 5) is 29.3. The van der Waals surface area contributed by atoms with Gasteiger partial charge < -0.3 is 14.2 Å². The van der Waals surface area contributed by atoms with Crippen LogP contribution < -0.4 is 0 Å². The molecule has 7 heteroatoms. The van der Waals surface area contributed by atoms with Gasteiger partial charge in [-0.25, -0.2) is 4.68 Å². The Labute approximate surface area is 175 Å². The predicted octanol–water partition coefficient (Wildman–Crippen LogP) is 3.35. The summed E-state index contributed by atoms with van der Waals surface area (Å²) in [5.74, 6) is -0.0136. The van der Waals surface area contributed by atoms with Gasteiger partial charge in [-0.2, -0.15) is 5.10 Å². The van der Waals surface area contributed by atoms with E-state index in [1.165, 1.54) is 6.26 Å². The third-order valence-corrected chi connectivity index (χ3v) is 5.74. The molecule has 2 amide bonds. The van der Waals surface area contributed by atoms with Gasteiger partial charge in [0.1, 0.15) is 6.04 Å². The highest BCUT2D eigenvalue weighted by atomic mass is 16.3. The lowest BCUT2D eigenvalue weighted by molar-refractivity contribution is -0.134. The van der Waals surface area contributed by atoms with Gasteiger partial charge in [0, 0.05) is 31.4 Å². The highest BCUT2D eigenvalue weighted by Gasteiger charge is 2.37. The number of aromatic nitrogens is 2. The molecule has 0 saturated carbocycles. The number of nitrogens with zero attached hydrogens (tertiary/aromatic N) is 4. The maximum atomic E-state index is 13.2. The van der Waals surface area contributed by atoms with E-state index in [-0.39, 0.29) is 17.6 Å². The van der Waals surface area contributed by atoms with Crippen molar-refractivity contribution in [2.45, 2.75) is 39.3 Å². The van der Waals surface area contributed by atoms with E-state index in [0.717, 1.165) is 29.1 Å². The fraction of sp³-hybridized carbons (Fsp3) is 0.348. The lowest BCUT2D eigenvalue weighted by Gasteiger charge is -2.27. The molecular weight excluding hydrogens is 380 g/mol. The maximum Gasteiger partial charge on any atom is 0.290 e. The zero-order valence-corrected chi connectivity index (χ0v) is 17.5. The van der Waals surface area contributed by atoms with Crippen LogP contribution in [0.15, 0.2) is 53.1 Å². The maximum absolute atomic E-state index is 13.2. The number of hydrogen-bond acceptors (Lipinski definition) is 4. The number of furan rings is 1. The van der Waals surface area contributed by atoms with Crippen LogP contribution in [-0.4, -0.2) is 51.0 Å². The van der Waals surface area contributed by atoms with E-state index in [9.17, 15) is 9.59 Å². The van der Waals surface area contributed by atoms with E-state index < -0.39 is 6.04 Å². The fourth-order valence-corrected chi connectivity index (χ4v) is 4.10. The number of benzene rings is 1. The minimum atomic E-state index is -0.461. The van der Waals surface area contributed by atoms with Crippen LogP contribution in [-0.2, 0) is 11.3 Å². The number of carbonyl (C=O) groups is 2. The molecule has 1 fully saturated rings. The standard InChI is InChI=1S/C23H26N4O3/c1-16-19(17(2)27(24-16)18-9-5-4-6-10-18)15-25(3)22(28)20-11-7-13-26(20)23(29)21-12-8-14-30-21/h4-6,8-10,12,14,20H,7,11,13,15H2,1-3H3/t20-/m1/s1. The molecule has 0 bridgehead atoms. The first-order chi connectivity index (χ1) is 14.5. The zero-order valence-electron chi connectivity index (χ0n) is 17.5. The molecule has 0 N–H and O–H groups in total. The molecule has 1 aliphatic heterocycles. The van der Waals surface area contributed by atoms with Crippen LogP contribution in [0, 0.1) is 13.8 Å². The number of likely N-dealkylation sites (N-methyl/N-ethyl adjacent to an activating group) is 1. The Morgan fingerprint density at radius 2 is 1.93 bits per heavy atom. The molecule has 4 rings (SSSR count). The van der Waals surface area contributed by atoms with Crippen molar-refractivity contribution in [3.8, 4) is 5.69 Å². The summed E-state index contributed by atoms with van der Waals surface area (Å²) in [6.45, 7) is 4.99. The molecule has 156 valence electrons. The van der Waals surface area contributed by atoms with Crippen LogP contribution in [0.5, 0.6) is 0 Å². The molecule has 3 aromatic rings. The lowest BCUT2D eigenvalue weighted by Crippen LogP contribution is -2.46. The summed E-state index contributed by atoms with van der Waals surface area (Å²) in [6, 6.07) is 12.8. The first-order valence-corrected chi connectivity index (χ1v) is 10.2. The first-order valence-electron chi connectivity index (χ1n) is 10.2. The molecule has 1 saturated heterocycles. The van der Waals surface area contributed by atoms with Gasteiger partial charge in [-0.05, 0) is 51.0 Å². The number of aryl methyl sites for hydroxylation is 1. The summed E-state index contributed by atoms with van der Waals surface area (Å²) in [5.41, 5.74) is 3.92. The van der Waals surface area contributed by atoms with Crippen LogP contribution in [0.1, 0.15) is 40.3 Å². The van der Waals surface area contributed by atoms with E-state index in [1.54, 1.807) is 29.0 Å². The van der Waals surface area contributed by atoms with Gasteiger partial charge in [0.15, 0.2) is 5.76 Å². The summed E-state index contributed by atoms with van der Waals surface area (Å²) in [5, 5.41) is 4.67. The van der Waals surface area contributed by atoms with Crippen molar-refractivity contribution in [3.05, 3.63) is 71.4 Å². The van der Waals surface area contributed by atoms with Crippen molar-refractivity contribution in [3.63, 3.8) is 0 Å². The van der Waals surface area contributed by atoms with Crippen molar-refractivity contribution >= 4 is 11.8 Å². The third kappa shape index (κ3) is 3.63. The van der Waals surface area contributed by atoms with E-state index in [0.29, 0.717) is 19.5 Å². The SMILES string of the molecule is Cc1nn(-c2ccccc2)c(C)c1CN(C)C(=O)[C@H]1CCCN1C(=O)c1ccco1. The van der Waals surface area contributed by atoms with E-state index in [4.69, 9.17) is 4.42 Å². The van der Waals surface area contributed by atoms with Crippen molar-refractivity contribution in [1.29, 1.82) is 0 Å². The molecule has 0 radical (unpaired) electrons. The van der Waals surface area contributed by atoms with Crippen molar-refractivity contribution in [2.24, 2.45) is 0 Å². The van der Waals surface area contributed by atoms with Crippen LogP contribution >= 0.6 is 0 Å². The number of rotatable bonds is 5. The molecule has 1 atom stereocenters. The van der Waals surface area contributed by atoms with Gasteiger partial charge in [-0.15, -0.1) is 0 Å². The molecule has 1 aromatic carbocycles. The molecule has 0 unspecified atom stereocenters. The molecule has 1 aliphatic rings. The van der Waals surface area contributed by atoms with Crippen molar-refractivity contribution in [2.75, 3.05) is 13.6 Å². The van der Waals surface area contributed by atoms with Gasteiger partial charge in [0.25, 0.3) is 5.91 Å². The second-order valence-corrected chi connectivity index (χ2v) is 7.72. The first kappa shape index (κ1) is 19.9. The molecule has 30 heavy (non-hydrogen) atoms. The summed E-state index contributed by atoms with van der Waals surface area (Å²) < 4.78 is 7.15. The number of amides is 2. The summed E-state index contributed by atoms with van der Waals surface area (Å²) in [7, 11) is 1.79. The Kier molecular flexibility index (Phi) is 5.44. The second kappa shape index (κ2) is 8.18. The minimum Gasteiger partial charge on any atom is -0.459 e. The molecule has 0 spiro atoms. The topological polar surface area (TPSA) is 71.6 Å². The van der Waals surface area contributed by atoms with E-state index in [2.05, 4.69) is 5.10 Å². The van der Waals surface area contributed by atoms with Gasteiger partial charge in [-0.3, -0.25) is 9.59 Å². The van der Waals surface area contributed by atoms with Gasteiger partial charge in [0.2, 0.25) is 5.91 Å². The molecule has 3 heterocycles. The smallest absolute Gasteiger partial charge is 0.290 e. The molecular formula is C23H26N4O3. The monoisotopic (exact) mass is 406 g/mol. The summed E-state index contributed by atoms with van der Waals surface area (Å²) >= 11 is 0. The highest BCUT2D eigenvalue weighted by molar-refractivity contribution is 5.95. The van der Waals surface area contributed by atoms with Gasteiger partial charge >= 0.3 is 0 Å². The van der Waals surface area contributed by atoms with E-state index in [1.807, 2.05) is 48.9 Å². The quantitative estimate of drug-likeness (QED) is 0.652. The van der Waals surface area contributed by atoms with Crippen molar-refractivity contribution < 1.29 is 14.0 Å². The third-order valence-electron chi connectivity index (χ3n) is 5.74. The number of carbonyl (C=O) groups excluding carboxylic acids is 2. The Morgan fingerprint density at radius 3 is 2.63 bits per heavy atom. The van der Waals surface area contributed by atoms with E-state index >= 15 is 0 Å². The summed E-state index contributed by atoms with van der Waals surface area (Å²) in [6.07, 6.45) is 2.94. The average molecular weight is 406 g/mol. The molecule has 2 aromatic heterocycles. The largest absolute Gasteiger partial charge is 0.459 e. The van der Waals surface area contributed by atoms with Crippen LogP contribution in [0.2, 0.25) is 0 Å². The van der Waals surface area contributed by atoms with Crippen LogP contribution in [0.3, 0.4) is 0 Å². The Hall–Kier alpha value is -3.35. The predicted molar refractivity (Wildman–Crippen MR) is 112 cm³/mol. The Morgan fingerprint density at radius 1 is 1.17 bits per heavy atom. The van der Waals surface area contributed by atoms with Crippen LogP contribution in [0.4, 0.5) is 0 Å². The zero-order chi connectivity index (χ0) is 21.3. The van der Waals surface area contributed by atoms with Crippen molar-refractivity contribution in [1.82, 2.24) is 19.6 Å². The molecule has 7 nitrogen and oxygen atoms in total. The van der Waals surface area contributed by atoms with Crippen LogP contribution in [0.25, 0.3) is 5.69 Å². The van der Waals surface area contributed by atoms with Gasteiger partial charge in [0.05, 0.1) is 17.6 Å². The minimum absolute atomic E-state index is 0.0568. The average Bonchev–Trinajstić information content (AvgIpc) is 3.51. The number of para-hydroxylation sites is 1. The highest BCUT2D eigenvalue weighted by Crippen LogP contribution is 2.24. The lowest BCUT2D eigenvalue weighted by atomic mass is 10.1. The fourth-order valence-electron chi connectivity index (χ4n) is 4.10. The Balaban J connectivity index is 1.51. The Bertz CT molecular complexity index is 1040. The normalized spacial score (nSPS) is 16.1. The van der Waals surface area contributed by atoms with Gasteiger partial charge in [-0.1, -0.05) is 18.2 Å². The number of likely N-dealkylation sites (tertiary alicyclic amines) is 1. The second-order valence-electron chi connectivity index (χ2n) is 7.72. The molecule has 0 aliphatic carbocycles.